The summed E-state index contributed by atoms with van der Waals surface area (Å²) >= 11 is 1.29. The van der Waals surface area contributed by atoms with Crippen LogP contribution >= 0.6 is 11.3 Å². The highest BCUT2D eigenvalue weighted by atomic mass is 32.1. The van der Waals surface area contributed by atoms with E-state index in [-0.39, 0.29) is 4.87 Å². The Balaban J connectivity index is 1.54. The van der Waals surface area contributed by atoms with Crippen LogP contribution in [-0.4, -0.2) is 21.1 Å². The molecule has 0 saturated heterocycles. The molecule has 1 aromatic carbocycles. The fraction of sp³-hybridized carbons (Fsp3) is 0.261. The molecule has 0 spiro atoms. The smallest absolute Gasteiger partial charge is 0.307 e. The molecule has 0 saturated carbocycles. The SMILES string of the molecule is CCc1ccc(-c2cc3c(cn2)N(c2ccc4sc(=O)n(C)c4c2)CCC3)cn1. The molecule has 4 aromatic rings. The Labute approximate surface area is 173 Å². The van der Waals surface area contributed by atoms with Gasteiger partial charge in [-0.15, -0.1) is 0 Å². The lowest BCUT2D eigenvalue weighted by Gasteiger charge is -2.31. The number of hydrogen-bond donors (Lipinski definition) is 0. The normalized spacial score (nSPS) is 13.7. The molecule has 3 aromatic heterocycles. The van der Waals surface area contributed by atoms with Gasteiger partial charge in [0.05, 0.1) is 27.8 Å². The van der Waals surface area contributed by atoms with Gasteiger partial charge in [0.25, 0.3) is 0 Å². The fourth-order valence-corrected chi connectivity index (χ4v) is 4.84. The quantitative estimate of drug-likeness (QED) is 0.498. The lowest BCUT2D eigenvalue weighted by Crippen LogP contribution is -2.24. The van der Waals surface area contributed by atoms with E-state index in [1.165, 1.54) is 16.9 Å². The third kappa shape index (κ3) is 3.13. The van der Waals surface area contributed by atoms with Gasteiger partial charge >= 0.3 is 4.87 Å². The maximum Gasteiger partial charge on any atom is 0.307 e. The van der Waals surface area contributed by atoms with Crippen LogP contribution in [0.3, 0.4) is 0 Å². The molecular formula is C23H22N4OS. The van der Waals surface area contributed by atoms with Crippen LogP contribution in [0.25, 0.3) is 21.5 Å². The molecule has 146 valence electrons. The van der Waals surface area contributed by atoms with E-state index >= 15 is 0 Å². The standard InChI is InChI=1S/C23H22N4OS/c1-3-17-7-6-16(13-24-17)19-11-15-5-4-10-27(21(15)14-25-19)18-8-9-22-20(12-18)26(2)23(28)29-22/h6-9,11-14H,3-5,10H2,1-2H3. The Hall–Kier alpha value is -2.99. The number of benzene rings is 1. The molecule has 1 aliphatic rings. The molecule has 29 heavy (non-hydrogen) atoms. The Morgan fingerprint density at radius 2 is 2.00 bits per heavy atom. The Bertz CT molecular complexity index is 1260. The Morgan fingerprint density at radius 1 is 1.10 bits per heavy atom. The second-order valence-corrected chi connectivity index (χ2v) is 8.42. The fourth-order valence-electron chi connectivity index (χ4n) is 3.98. The van der Waals surface area contributed by atoms with Gasteiger partial charge in [-0.2, -0.15) is 0 Å². The summed E-state index contributed by atoms with van der Waals surface area (Å²) in [5.41, 5.74) is 7.66. The number of thiazole rings is 1. The highest BCUT2D eigenvalue weighted by Gasteiger charge is 2.20. The maximum atomic E-state index is 12.0. The number of fused-ring (bicyclic) bond motifs is 2. The summed E-state index contributed by atoms with van der Waals surface area (Å²) in [5, 5.41) is 0. The summed E-state index contributed by atoms with van der Waals surface area (Å²) in [5.74, 6) is 0. The zero-order chi connectivity index (χ0) is 20.0. The Kier molecular flexibility index (Phi) is 4.43. The van der Waals surface area contributed by atoms with E-state index in [1.807, 2.05) is 25.5 Å². The summed E-state index contributed by atoms with van der Waals surface area (Å²) in [6.45, 7) is 3.06. The van der Waals surface area contributed by atoms with Crippen molar-refractivity contribution in [3.05, 3.63) is 69.7 Å². The first-order chi connectivity index (χ1) is 14.1. The summed E-state index contributed by atoms with van der Waals surface area (Å²) in [7, 11) is 1.83. The highest BCUT2D eigenvalue weighted by molar-refractivity contribution is 7.16. The number of nitrogens with zero attached hydrogens (tertiary/aromatic N) is 4. The zero-order valence-corrected chi connectivity index (χ0v) is 17.4. The van der Waals surface area contributed by atoms with Crippen LogP contribution in [0.1, 0.15) is 24.6 Å². The molecule has 0 bridgehead atoms. The van der Waals surface area contributed by atoms with Crippen molar-refractivity contribution >= 4 is 32.9 Å². The first-order valence-electron chi connectivity index (χ1n) is 9.95. The van der Waals surface area contributed by atoms with Crippen molar-refractivity contribution in [3.63, 3.8) is 0 Å². The average molecular weight is 403 g/mol. The summed E-state index contributed by atoms with van der Waals surface area (Å²) in [6, 6.07) is 12.6. The van der Waals surface area contributed by atoms with Crippen molar-refractivity contribution in [2.24, 2.45) is 7.05 Å². The first kappa shape index (κ1) is 18.1. The van der Waals surface area contributed by atoms with Crippen molar-refractivity contribution in [1.29, 1.82) is 0 Å². The van der Waals surface area contributed by atoms with Gasteiger partial charge in [0, 0.05) is 36.7 Å². The lowest BCUT2D eigenvalue weighted by atomic mass is 10.00. The van der Waals surface area contributed by atoms with E-state index < -0.39 is 0 Å². The summed E-state index contributed by atoms with van der Waals surface area (Å²) in [6.07, 6.45) is 6.96. The monoisotopic (exact) mass is 402 g/mol. The van der Waals surface area contributed by atoms with E-state index in [9.17, 15) is 4.79 Å². The largest absolute Gasteiger partial charge is 0.340 e. The van der Waals surface area contributed by atoms with Gasteiger partial charge in [-0.3, -0.25) is 14.8 Å². The van der Waals surface area contributed by atoms with Crippen LogP contribution in [-0.2, 0) is 19.9 Å². The van der Waals surface area contributed by atoms with Crippen LogP contribution in [0.5, 0.6) is 0 Å². The topological polar surface area (TPSA) is 51.0 Å². The minimum absolute atomic E-state index is 0.0743. The number of aromatic nitrogens is 3. The van der Waals surface area contributed by atoms with Gasteiger partial charge in [-0.25, -0.2) is 0 Å². The lowest BCUT2D eigenvalue weighted by molar-refractivity contribution is 0.764. The molecule has 0 N–H and O–H groups in total. The van der Waals surface area contributed by atoms with Gasteiger partial charge in [0.2, 0.25) is 0 Å². The van der Waals surface area contributed by atoms with E-state index in [0.29, 0.717) is 0 Å². The number of pyridine rings is 2. The molecule has 0 unspecified atom stereocenters. The second-order valence-electron chi connectivity index (χ2n) is 7.42. The predicted octanol–water partition coefficient (Wildman–Crippen LogP) is 4.70. The molecule has 6 heteroatoms. The van der Waals surface area contributed by atoms with Gasteiger partial charge in [-0.1, -0.05) is 18.3 Å². The third-order valence-corrected chi connectivity index (χ3v) is 6.67. The molecule has 0 atom stereocenters. The number of hydrogen-bond acceptors (Lipinski definition) is 5. The molecule has 1 aliphatic heterocycles. The zero-order valence-electron chi connectivity index (χ0n) is 16.6. The van der Waals surface area contributed by atoms with Gasteiger partial charge in [0.1, 0.15) is 0 Å². The number of anilines is 2. The van der Waals surface area contributed by atoms with Crippen molar-refractivity contribution in [2.45, 2.75) is 26.2 Å². The van der Waals surface area contributed by atoms with E-state index in [2.05, 4.69) is 47.1 Å². The molecule has 0 fully saturated rings. The van der Waals surface area contributed by atoms with Gasteiger partial charge in [0.15, 0.2) is 0 Å². The molecule has 5 rings (SSSR count). The molecule has 4 heterocycles. The third-order valence-electron chi connectivity index (χ3n) is 5.65. The van der Waals surface area contributed by atoms with E-state index in [4.69, 9.17) is 4.98 Å². The predicted molar refractivity (Wildman–Crippen MR) is 119 cm³/mol. The van der Waals surface area contributed by atoms with E-state index in [0.717, 1.165) is 64.3 Å². The summed E-state index contributed by atoms with van der Waals surface area (Å²) < 4.78 is 2.75. The molecular weight excluding hydrogens is 380 g/mol. The van der Waals surface area contributed by atoms with Crippen LogP contribution < -0.4 is 9.77 Å². The average Bonchev–Trinajstić information content (AvgIpc) is 3.06. The minimum Gasteiger partial charge on any atom is -0.340 e. The number of aryl methyl sites for hydroxylation is 3. The molecule has 5 nitrogen and oxygen atoms in total. The van der Waals surface area contributed by atoms with E-state index in [1.54, 1.807) is 4.57 Å². The van der Waals surface area contributed by atoms with Crippen molar-refractivity contribution < 1.29 is 0 Å². The van der Waals surface area contributed by atoms with Crippen LogP contribution in [0.15, 0.2) is 53.6 Å². The van der Waals surface area contributed by atoms with Crippen molar-refractivity contribution in [2.75, 3.05) is 11.4 Å². The van der Waals surface area contributed by atoms with Crippen molar-refractivity contribution in [3.8, 4) is 11.3 Å². The van der Waals surface area contributed by atoms with Crippen LogP contribution in [0.4, 0.5) is 11.4 Å². The molecule has 0 amide bonds. The Morgan fingerprint density at radius 3 is 2.79 bits per heavy atom. The molecule has 0 aliphatic carbocycles. The van der Waals surface area contributed by atoms with Crippen LogP contribution in [0, 0.1) is 0 Å². The maximum absolute atomic E-state index is 12.0. The van der Waals surface area contributed by atoms with Crippen molar-refractivity contribution in [1.82, 2.24) is 14.5 Å². The van der Waals surface area contributed by atoms with Gasteiger partial charge in [-0.05, 0) is 61.2 Å². The second kappa shape index (κ2) is 7.12. The van der Waals surface area contributed by atoms with Crippen LogP contribution in [0.2, 0.25) is 0 Å². The first-order valence-corrected chi connectivity index (χ1v) is 10.8. The summed E-state index contributed by atoms with van der Waals surface area (Å²) in [4.78, 5) is 23.6. The molecule has 0 radical (unpaired) electrons. The minimum atomic E-state index is 0.0743. The van der Waals surface area contributed by atoms with Gasteiger partial charge < -0.3 is 9.47 Å². The highest BCUT2D eigenvalue weighted by Crippen LogP contribution is 2.36. The number of rotatable bonds is 3.